The minimum Gasteiger partial charge on any atom is -0.490 e. The van der Waals surface area contributed by atoms with E-state index < -0.39 is 11.8 Å². The second-order valence-electron chi connectivity index (χ2n) is 2.69. The monoisotopic (exact) mass is 276 g/mol. The predicted octanol–water partition coefficient (Wildman–Crippen LogP) is 2.77. The smallest absolute Gasteiger partial charge is 0.337 e. The van der Waals surface area contributed by atoms with Gasteiger partial charge in [-0.1, -0.05) is 0 Å². The van der Waals surface area contributed by atoms with Crippen LogP contribution in [0.3, 0.4) is 0 Å². The Labute approximate surface area is 95.3 Å². The summed E-state index contributed by atoms with van der Waals surface area (Å²) in [4.78, 5) is 11.1. The third-order valence-corrected chi connectivity index (χ3v) is 2.30. The van der Waals surface area contributed by atoms with Crippen LogP contribution in [0.15, 0.2) is 16.6 Å². The van der Waals surface area contributed by atoms with Crippen LogP contribution in [0.4, 0.5) is 4.39 Å². The summed E-state index contributed by atoms with van der Waals surface area (Å²) in [6.45, 7) is 2.10. The van der Waals surface area contributed by atoms with Crippen LogP contribution in [0, 0.1) is 5.82 Å². The molecule has 0 saturated carbocycles. The van der Waals surface area contributed by atoms with Crippen LogP contribution < -0.4 is 4.74 Å². The molecule has 0 amide bonds. The lowest BCUT2D eigenvalue weighted by atomic mass is 10.2. The molecular formula is C10H10BrFO3. The zero-order valence-corrected chi connectivity index (χ0v) is 9.93. The maximum atomic E-state index is 13.4. The van der Waals surface area contributed by atoms with Crippen molar-refractivity contribution in [3.05, 3.63) is 28.0 Å². The van der Waals surface area contributed by atoms with Crippen molar-refractivity contribution in [2.24, 2.45) is 0 Å². The topological polar surface area (TPSA) is 35.5 Å². The third kappa shape index (κ3) is 2.68. The van der Waals surface area contributed by atoms with Crippen LogP contribution in [0.1, 0.15) is 17.3 Å². The Morgan fingerprint density at radius 1 is 1.53 bits per heavy atom. The summed E-state index contributed by atoms with van der Waals surface area (Å²) in [7, 11) is 1.24. The highest BCUT2D eigenvalue weighted by Gasteiger charge is 2.14. The second kappa shape index (κ2) is 5.11. The summed E-state index contributed by atoms with van der Waals surface area (Å²) in [5.74, 6) is -1.07. The van der Waals surface area contributed by atoms with Gasteiger partial charge in [-0.25, -0.2) is 9.18 Å². The van der Waals surface area contributed by atoms with Gasteiger partial charge in [-0.15, -0.1) is 0 Å². The van der Waals surface area contributed by atoms with Crippen LogP contribution in [-0.4, -0.2) is 19.7 Å². The zero-order valence-electron chi connectivity index (χ0n) is 8.34. The molecule has 0 N–H and O–H groups in total. The molecule has 0 atom stereocenters. The molecule has 15 heavy (non-hydrogen) atoms. The van der Waals surface area contributed by atoms with Gasteiger partial charge in [0.15, 0.2) is 11.6 Å². The zero-order chi connectivity index (χ0) is 11.4. The molecule has 0 bridgehead atoms. The van der Waals surface area contributed by atoms with E-state index in [1.165, 1.54) is 13.2 Å². The first kappa shape index (κ1) is 12.0. The fourth-order valence-electron chi connectivity index (χ4n) is 1.08. The first-order valence-electron chi connectivity index (χ1n) is 4.30. The van der Waals surface area contributed by atoms with Crippen LogP contribution in [0.25, 0.3) is 0 Å². The molecule has 0 aliphatic heterocycles. The van der Waals surface area contributed by atoms with E-state index in [-0.39, 0.29) is 11.3 Å². The van der Waals surface area contributed by atoms with E-state index in [1.54, 1.807) is 6.92 Å². The van der Waals surface area contributed by atoms with Crippen molar-refractivity contribution in [1.82, 2.24) is 0 Å². The Hall–Kier alpha value is -1.10. The quantitative estimate of drug-likeness (QED) is 0.797. The molecule has 0 spiro atoms. The molecule has 0 heterocycles. The molecule has 0 fully saturated rings. The Bertz CT molecular complexity index is 356. The minimum absolute atomic E-state index is 0.102. The van der Waals surface area contributed by atoms with Crippen molar-refractivity contribution in [3.8, 4) is 5.75 Å². The molecule has 0 radical (unpaired) electrons. The Kier molecular flexibility index (Phi) is 4.08. The van der Waals surface area contributed by atoms with Gasteiger partial charge in [0, 0.05) is 0 Å². The van der Waals surface area contributed by atoms with Crippen LogP contribution in [0.2, 0.25) is 0 Å². The van der Waals surface area contributed by atoms with Gasteiger partial charge in [0.1, 0.15) is 0 Å². The van der Waals surface area contributed by atoms with E-state index in [4.69, 9.17) is 4.74 Å². The van der Waals surface area contributed by atoms with Gasteiger partial charge in [-0.2, -0.15) is 0 Å². The molecule has 0 unspecified atom stereocenters. The Morgan fingerprint density at radius 2 is 2.20 bits per heavy atom. The van der Waals surface area contributed by atoms with E-state index in [0.29, 0.717) is 11.1 Å². The molecule has 0 aromatic heterocycles. The van der Waals surface area contributed by atoms with E-state index >= 15 is 0 Å². The van der Waals surface area contributed by atoms with Gasteiger partial charge in [-0.05, 0) is 35.0 Å². The van der Waals surface area contributed by atoms with Crippen molar-refractivity contribution < 1.29 is 18.7 Å². The van der Waals surface area contributed by atoms with Gasteiger partial charge in [0.2, 0.25) is 0 Å². The fourth-order valence-corrected chi connectivity index (χ4v) is 1.63. The van der Waals surface area contributed by atoms with Crippen molar-refractivity contribution in [2.45, 2.75) is 6.92 Å². The number of esters is 1. The van der Waals surface area contributed by atoms with Gasteiger partial charge in [0.05, 0.1) is 23.8 Å². The first-order valence-corrected chi connectivity index (χ1v) is 5.09. The molecule has 0 aliphatic rings. The summed E-state index contributed by atoms with van der Waals surface area (Å²) in [5, 5.41) is 0. The van der Waals surface area contributed by atoms with Crippen molar-refractivity contribution in [3.63, 3.8) is 0 Å². The summed E-state index contributed by atoms with van der Waals surface area (Å²) < 4.78 is 23.4. The second-order valence-corrected chi connectivity index (χ2v) is 3.55. The van der Waals surface area contributed by atoms with Crippen molar-refractivity contribution in [2.75, 3.05) is 13.7 Å². The summed E-state index contributed by atoms with van der Waals surface area (Å²) in [5.41, 5.74) is 0.144. The van der Waals surface area contributed by atoms with Crippen LogP contribution >= 0.6 is 15.9 Å². The number of ether oxygens (including phenoxy) is 2. The van der Waals surface area contributed by atoms with E-state index in [1.807, 2.05) is 0 Å². The molecule has 1 aromatic rings. The van der Waals surface area contributed by atoms with E-state index in [2.05, 4.69) is 20.7 Å². The highest BCUT2D eigenvalue weighted by molar-refractivity contribution is 9.10. The summed E-state index contributed by atoms with van der Waals surface area (Å²) >= 11 is 3.12. The Balaban J connectivity index is 3.13. The maximum absolute atomic E-state index is 13.4. The summed E-state index contributed by atoms with van der Waals surface area (Å²) in [6, 6.07) is 2.54. The van der Waals surface area contributed by atoms with Gasteiger partial charge in [0.25, 0.3) is 0 Å². The molecule has 5 heteroatoms. The number of benzene rings is 1. The predicted molar refractivity (Wildman–Crippen MR) is 56.6 cm³/mol. The van der Waals surface area contributed by atoms with Crippen LogP contribution in [0.5, 0.6) is 5.75 Å². The molecule has 1 rings (SSSR count). The van der Waals surface area contributed by atoms with Gasteiger partial charge >= 0.3 is 5.97 Å². The molecular weight excluding hydrogens is 267 g/mol. The number of carbonyl (C=O) groups is 1. The fraction of sp³-hybridized carbons (Fsp3) is 0.300. The average Bonchev–Trinajstić information content (AvgIpc) is 2.22. The minimum atomic E-state index is -0.591. The van der Waals surface area contributed by atoms with E-state index in [9.17, 15) is 9.18 Å². The molecule has 0 saturated heterocycles. The Morgan fingerprint density at radius 3 is 2.67 bits per heavy atom. The standard InChI is InChI=1S/C10H10BrFO3/c1-3-15-9-7(11)4-6(5-8(9)12)10(13)14-2/h4-5H,3H2,1-2H3. The number of halogens is 2. The molecule has 1 aromatic carbocycles. The third-order valence-electron chi connectivity index (χ3n) is 1.71. The number of hydrogen-bond donors (Lipinski definition) is 0. The lowest BCUT2D eigenvalue weighted by Gasteiger charge is -2.08. The average molecular weight is 277 g/mol. The SMILES string of the molecule is CCOc1c(F)cc(C(=O)OC)cc1Br. The highest BCUT2D eigenvalue weighted by Crippen LogP contribution is 2.29. The highest BCUT2D eigenvalue weighted by atomic mass is 79.9. The van der Waals surface area contributed by atoms with E-state index in [0.717, 1.165) is 6.07 Å². The van der Waals surface area contributed by atoms with Crippen molar-refractivity contribution >= 4 is 21.9 Å². The molecule has 0 aliphatic carbocycles. The summed E-state index contributed by atoms with van der Waals surface area (Å²) in [6.07, 6.45) is 0. The number of methoxy groups -OCH3 is 1. The lowest BCUT2D eigenvalue weighted by molar-refractivity contribution is 0.0600. The molecule has 3 nitrogen and oxygen atoms in total. The normalized spacial score (nSPS) is 9.87. The lowest BCUT2D eigenvalue weighted by Crippen LogP contribution is -2.04. The first-order chi connectivity index (χ1) is 7.10. The molecule has 82 valence electrons. The number of carbonyl (C=O) groups excluding carboxylic acids is 1. The van der Waals surface area contributed by atoms with Crippen LogP contribution in [-0.2, 0) is 4.74 Å². The van der Waals surface area contributed by atoms with Gasteiger partial charge in [-0.3, -0.25) is 0 Å². The number of rotatable bonds is 3. The number of hydrogen-bond acceptors (Lipinski definition) is 3. The van der Waals surface area contributed by atoms with Crippen molar-refractivity contribution in [1.29, 1.82) is 0 Å². The largest absolute Gasteiger partial charge is 0.490 e. The maximum Gasteiger partial charge on any atom is 0.337 e. The van der Waals surface area contributed by atoms with Gasteiger partial charge < -0.3 is 9.47 Å².